The normalized spacial score (nSPS) is 26.4. The van der Waals surface area contributed by atoms with E-state index >= 15 is 0 Å². The fraction of sp³-hybridized carbons (Fsp3) is 0.561. The number of amides is 2. The highest BCUT2D eigenvalue weighted by Gasteiger charge is 2.30. The molecule has 5 fully saturated rings. The van der Waals surface area contributed by atoms with E-state index in [0.717, 1.165) is 63.3 Å². The van der Waals surface area contributed by atoms with Gasteiger partial charge in [0.05, 0.1) is 11.9 Å². The summed E-state index contributed by atoms with van der Waals surface area (Å²) in [5, 5.41) is 17.7. The highest BCUT2D eigenvalue weighted by Crippen LogP contribution is 2.41. The fourth-order valence-corrected chi connectivity index (χ4v) is 8.37. The molecule has 2 saturated heterocycles. The minimum atomic E-state index is -0.500. The van der Waals surface area contributed by atoms with Crippen LogP contribution in [0.4, 0.5) is 26.1 Å². The Morgan fingerprint density at radius 2 is 1.57 bits per heavy atom. The number of benzene rings is 2. The van der Waals surface area contributed by atoms with Gasteiger partial charge in [0.1, 0.15) is 17.6 Å². The average Bonchev–Trinajstić information content (AvgIpc) is 4.04. The molecule has 3 saturated carbocycles. The Morgan fingerprint density at radius 1 is 0.833 bits per heavy atom. The van der Waals surface area contributed by atoms with E-state index in [1.807, 2.05) is 24.3 Å². The summed E-state index contributed by atoms with van der Waals surface area (Å²) in [4.78, 5) is 36.4. The van der Waals surface area contributed by atoms with Crippen molar-refractivity contribution in [1.82, 2.24) is 25.7 Å². The summed E-state index contributed by atoms with van der Waals surface area (Å²) in [5.41, 5.74) is 5.95. The van der Waals surface area contributed by atoms with Crippen molar-refractivity contribution in [3.05, 3.63) is 65.9 Å². The van der Waals surface area contributed by atoms with Gasteiger partial charge in [-0.05, 0) is 112 Å². The lowest BCUT2D eigenvalue weighted by Gasteiger charge is -2.42. The number of nitrogens with one attached hydrogen (secondary N) is 4. The van der Waals surface area contributed by atoms with Gasteiger partial charge in [0.2, 0.25) is 17.8 Å². The molecule has 1 unspecified atom stereocenters. The summed E-state index contributed by atoms with van der Waals surface area (Å²) < 4.78 is 29.1. The molecular formula is C41H62F2N8O3. The Hall–Kier alpha value is -4.20. The first kappa shape index (κ1) is 38.1. The first-order valence-corrected chi connectivity index (χ1v) is 19.9. The van der Waals surface area contributed by atoms with Crippen molar-refractivity contribution in [3.63, 3.8) is 0 Å². The van der Waals surface area contributed by atoms with Crippen LogP contribution in [0, 0.1) is 17.6 Å². The van der Waals surface area contributed by atoms with E-state index < -0.39 is 11.9 Å². The van der Waals surface area contributed by atoms with E-state index in [4.69, 9.17) is 5.21 Å². The zero-order chi connectivity index (χ0) is 37.6. The maximum Gasteiger partial charge on any atom is 0.249 e. The molecule has 54 heavy (non-hydrogen) atoms. The highest BCUT2D eigenvalue weighted by atomic mass is 19.1. The third kappa shape index (κ3) is 9.72. The van der Waals surface area contributed by atoms with Crippen molar-refractivity contribution in [2.24, 2.45) is 5.92 Å². The number of piperidine rings is 1. The molecule has 298 valence electrons. The number of imide groups is 1. The van der Waals surface area contributed by atoms with Gasteiger partial charge < -0.3 is 20.7 Å². The van der Waals surface area contributed by atoms with Gasteiger partial charge in [0.25, 0.3) is 0 Å². The summed E-state index contributed by atoms with van der Waals surface area (Å²) in [6.45, 7) is 5.98. The van der Waals surface area contributed by atoms with Crippen LogP contribution in [-0.4, -0.2) is 82.2 Å². The highest BCUT2D eigenvalue weighted by molar-refractivity contribution is 6.01. The number of hydrogen-bond acceptors (Lipinski definition) is 10. The molecule has 11 nitrogen and oxygen atoms in total. The smallest absolute Gasteiger partial charge is 0.249 e. The molecule has 0 spiro atoms. The monoisotopic (exact) mass is 752 g/mol. The van der Waals surface area contributed by atoms with Crippen LogP contribution in [-0.2, 0) is 9.59 Å². The van der Waals surface area contributed by atoms with Crippen LogP contribution in [0.3, 0.4) is 0 Å². The van der Waals surface area contributed by atoms with Gasteiger partial charge in [0.15, 0.2) is 5.82 Å². The van der Waals surface area contributed by atoms with Crippen LogP contribution >= 0.6 is 0 Å². The van der Waals surface area contributed by atoms with Crippen LogP contribution in [0.1, 0.15) is 101 Å². The number of rotatable bonds is 9. The number of piperazine rings is 1. The lowest BCUT2D eigenvalue weighted by atomic mass is 9.86. The molecule has 3 aliphatic carbocycles. The second-order valence-electron chi connectivity index (χ2n) is 15.9. The SMILES string of the molecule is CC1CCC(N2CCN(c3ccc(NC4CCC(=O)NC4=O)cc3F)CC2)CC1.ONC1CCC(Nc2ncc(F)c(-c3cccc(C4CC4)c3)n2)CC1.[HH].[HH].[HH].[HH]. The molecule has 2 amide bonds. The van der Waals surface area contributed by atoms with Crippen molar-refractivity contribution < 1.29 is 29.3 Å². The van der Waals surface area contributed by atoms with Gasteiger partial charge in [-0.15, -0.1) is 0 Å². The molecule has 5 N–H and O–H groups in total. The van der Waals surface area contributed by atoms with E-state index in [1.54, 1.807) is 6.07 Å². The summed E-state index contributed by atoms with van der Waals surface area (Å²) in [7, 11) is 0. The molecule has 3 aromatic rings. The van der Waals surface area contributed by atoms with Gasteiger partial charge in [-0.1, -0.05) is 25.1 Å². The van der Waals surface area contributed by atoms with E-state index in [0.29, 0.717) is 47.8 Å². The number of hydroxylamine groups is 1. The summed E-state index contributed by atoms with van der Waals surface area (Å²) in [6, 6.07) is 13.7. The first-order valence-electron chi connectivity index (χ1n) is 19.9. The molecular weight excluding hydrogens is 690 g/mol. The van der Waals surface area contributed by atoms with Crippen LogP contribution in [0.15, 0.2) is 48.7 Å². The topological polar surface area (TPSA) is 135 Å². The van der Waals surface area contributed by atoms with E-state index in [9.17, 15) is 18.4 Å². The Kier molecular flexibility index (Phi) is 12.4. The summed E-state index contributed by atoms with van der Waals surface area (Å²) in [5.74, 6) is 0.671. The predicted molar refractivity (Wildman–Crippen MR) is 214 cm³/mol. The molecule has 3 heterocycles. The van der Waals surface area contributed by atoms with Crippen molar-refractivity contribution in [2.75, 3.05) is 41.7 Å². The second-order valence-corrected chi connectivity index (χ2v) is 15.9. The first-order chi connectivity index (χ1) is 26.2. The molecule has 8 rings (SSSR count). The van der Waals surface area contributed by atoms with Crippen molar-refractivity contribution >= 4 is 29.1 Å². The number of nitrogens with zero attached hydrogens (tertiary/aromatic N) is 4. The minimum Gasteiger partial charge on any atom is -0.374 e. The van der Waals surface area contributed by atoms with E-state index in [1.165, 1.54) is 56.4 Å². The third-order valence-corrected chi connectivity index (χ3v) is 11.9. The zero-order valence-electron chi connectivity index (χ0n) is 31.2. The Labute approximate surface area is 322 Å². The third-order valence-electron chi connectivity index (χ3n) is 11.9. The largest absolute Gasteiger partial charge is 0.374 e. The predicted octanol–water partition coefficient (Wildman–Crippen LogP) is 7.59. The lowest BCUT2D eigenvalue weighted by molar-refractivity contribution is -0.133. The average molecular weight is 753 g/mol. The minimum absolute atomic E-state index is 0. The maximum absolute atomic E-state index is 14.8. The Bertz CT molecular complexity index is 1770. The van der Waals surface area contributed by atoms with Crippen molar-refractivity contribution in [2.45, 2.75) is 114 Å². The van der Waals surface area contributed by atoms with Crippen molar-refractivity contribution in [1.29, 1.82) is 0 Å². The molecule has 0 bridgehead atoms. The number of halogens is 2. The van der Waals surface area contributed by atoms with Gasteiger partial charge in [-0.3, -0.25) is 19.8 Å². The standard InChI is InChI=1S/C22H31FN4O2.C19H23FN4O.4H2/c1-15-2-5-17(6-3-15)26-10-12-27(13-11-26)20-8-4-16(14-18(20)23)24-19-7-9-21(28)25-22(19)29;20-17-11-21-19(22-15-6-8-16(24-25)9-7-15)23-18(17)14-3-1-2-13(10-14)12-4-5-12;;;;/h4,8,14-15,17,19,24H,2-3,5-7,9-13H2,1H3,(H,25,28,29);1-3,10-12,15-16,24-25H,4-9H2,(H,21,22,23);4*1H. The maximum atomic E-state index is 14.8. The van der Waals surface area contributed by atoms with E-state index in [-0.39, 0.29) is 35.4 Å². The van der Waals surface area contributed by atoms with Crippen LogP contribution < -0.4 is 26.3 Å². The Morgan fingerprint density at radius 3 is 2.26 bits per heavy atom. The fourth-order valence-electron chi connectivity index (χ4n) is 8.37. The number of anilines is 3. The number of carbonyl (C=O) groups is 2. The number of carbonyl (C=O) groups excluding carboxylic acids is 2. The van der Waals surface area contributed by atoms with Gasteiger partial charge >= 0.3 is 0 Å². The summed E-state index contributed by atoms with van der Waals surface area (Å²) in [6.07, 6.45) is 13.3. The molecule has 13 heteroatoms. The summed E-state index contributed by atoms with van der Waals surface area (Å²) >= 11 is 0. The molecule has 1 aromatic heterocycles. The van der Waals surface area contributed by atoms with E-state index in [2.05, 4.69) is 54.2 Å². The molecule has 0 radical (unpaired) electrons. The Balaban J connectivity index is 0.000000293. The van der Waals surface area contributed by atoms with Gasteiger partial charge in [0, 0.05) is 67.7 Å². The van der Waals surface area contributed by atoms with Crippen LogP contribution in [0.2, 0.25) is 0 Å². The lowest BCUT2D eigenvalue weighted by Crippen LogP contribution is -2.51. The van der Waals surface area contributed by atoms with Gasteiger partial charge in [-0.25, -0.2) is 24.2 Å². The molecule has 1 atom stereocenters. The van der Waals surface area contributed by atoms with Crippen molar-refractivity contribution in [3.8, 4) is 11.3 Å². The molecule has 2 aromatic carbocycles. The second kappa shape index (κ2) is 17.5. The zero-order valence-corrected chi connectivity index (χ0v) is 31.2. The number of aromatic nitrogens is 2. The molecule has 2 aliphatic heterocycles. The van der Waals surface area contributed by atoms with Gasteiger partial charge in [-0.2, -0.15) is 0 Å². The van der Waals surface area contributed by atoms with Crippen LogP contribution in [0.5, 0.6) is 0 Å². The quantitative estimate of drug-likeness (QED) is 0.110. The number of hydrogen-bond donors (Lipinski definition) is 5. The van der Waals surface area contributed by atoms with Crippen LogP contribution in [0.25, 0.3) is 11.3 Å². The molecule has 5 aliphatic rings.